The molecular formula is C10H13N5. The van der Waals surface area contributed by atoms with E-state index in [1.54, 1.807) is 6.33 Å². The summed E-state index contributed by atoms with van der Waals surface area (Å²) in [6, 6.07) is 0. The van der Waals surface area contributed by atoms with Crippen LogP contribution in [0.25, 0.3) is 16.9 Å². The molecule has 5 nitrogen and oxygen atoms in total. The van der Waals surface area contributed by atoms with Crippen molar-refractivity contribution in [1.82, 2.24) is 19.5 Å². The number of hydrogen-bond donors (Lipinski definition) is 1. The predicted molar refractivity (Wildman–Crippen MR) is 60.1 cm³/mol. The largest absolute Gasteiger partial charge is 0.382 e. The number of allylic oxidation sites excluding steroid dienone is 2. The molecule has 0 aromatic carbocycles. The molecule has 0 amide bonds. The minimum Gasteiger partial charge on any atom is -0.382 e. The zero-order chi connectivity index (χ0) is 11.0. The lowest BCUT2D eigenvalue weighted by Crippen LogP contribution is -1.99. The van der Waals surface area contributed by atoms with Gasteiger partial charge < -0.3 is 5.73 Å². The van der Waals surface area contributed by atoms with Gasteiger partial charge in [-0.2, -0.15) is 0 Å². The summed E-state index contributed by atoms with van der Waals surface area (Å²) in [5.74, 6) is 1.09. The van der Waals surface area contributed by atoms with Crippen LogP contribution >= 0.6 is 0 Å². The van der Waals surface area contributed by atoms with Gasteiger partial charge >= 0.3 is 0 Å². The van der Waals surface area contributed by atoms with Gasteiger partial charge in [-0.25, -0.2) is 15.0 Å². The van der Waals surface area contributed by atoms with Gasteiger partial charge in [0.25, 0.3) is 0 Å². The third-order valence-corrected chi connectivity index (χ3v) is 2.33. The molecule has 0 bridgehead atoms. The topological polar surface area (TPSA) is 69.6 Å². The predicted octanol–water partition coefficient (Wildman–Crippen LogP) is 1.60. The Kier molecular flexibility index (Phi) is 2.15. The van der Waals surface area contributed by atoms with Crippen molar-refractivity contribution in [3.8, 4) is 0 Å². The summed E-state index contributed by atoms with van der Waals surface area (Å²) in [5, 5.41) is 0. The van der Waals surface area contributed by atoms with Gasteiger partial charge in [-0.05, 0) is 20.8 Å². The van der Waals surface area contributed by atoms with E-state index in [0.717, 1.165) is 11.3 Å². The fourth-order valence-electron chi connectivity index (χ4n) is 1.43. The van der Waals surface area contributed by atoms with Crippen molar-refractivity contribution in [2.75, 3.05) is 5.73 Å². The molecule has 2 aromatic heterocycles. The Morgan fingerprint density at radius 2 is 2.20 bits per heavy atom. The maximum absolute atomic E-state index is 5.77. The second kappa shape index (κ2) is 3.34. The van der Waals surface area contributed by atoms with Crippen molar-refractivity contribution in [2.24, 2.45) is 0 Å². The molecule has 0 fully saturated rings. The molecule has 2 heterocycles. The minimum atomic E-state index is 0.431. The maximum atomic E-state index is 5.77. The Bertz CT molecular complexity index is 538. The van der Waals surface area contributed by atoms with E-state index in [2.05, 4.69) is 15.0 Å². The van der Waals surface area contributed by atoms with E-state index in [0.29, 0.717) is 17.2 Å². The van der Waals surface area contributed by atoms with E-state index < -0.39 is 0 Å². The molecule has 0 spiro atoms. The highest BCUT2D eigenvalue weighted by molar-refractivity contribution is 5.83. The molecule has 0 aliphatic rings. The molecule has 0 atom stereocenters. The van der Waals surface area contributed by atoms with Gasteiger partial charge in [0, 0.05) is 5.70 Å². The average molecular weight is 203 g/mol. The Morgan fingerprint density at radius 1 is 1.47 bits per heavy atom. The molecule has 0 radical (unpaired) electrons. The molecule has 0 saturated heterocycles. The van der Waals surface area contributed by atoms with Crippen LogP contribution in [0.2, 0.25) is 0 Å². The normalized spacial score (nSPS) is 12.3. The van der Waals surface area contributed by atoms with Gasteiger partial charge in [0.2, 0.25) is 0 Å². The zero-order valence-corrected chi connectivity index (χ0v) is 9.02. The number of nitrogen functional groups attached to an aromatic ring is 1. The van der Waals surface area contributed by atoms with E-state index >= 15 is 0 Å². The quantitative estimate of drug-likeness (QED) is 0.764. The summed E-state index contributed by atoms with van der Waals surface area (Å²) in [6.45, 7) is 5.78. The summed E-state index contributed by atoms with van der Waals surface area (Å²) in [7, 11) is 0. The first kappa shape index (κ1) is 9.64. The second-order valence-electron chi connectivity index (χ2n) is 3.37. The van der Waals surface area contributed by atoms with E-state index in [4.69, 9.17) is 5.73 Å². The zero-order valence-electron chi connectivity index (χ0n) is 9.02. The molecule has 15 heavy (non-hydrogen) atoms. The van der Waals surface area contributed by atoms with Crippen molar-refractivity contribution >= 4 is 22.7 Å². The molecule has 2 rings (SSSR count). The highest BCUT2D eigenvalue weighted by atomic mass is 15.1. The lowest BCUT2D eigenvalue weighted by atomic mass is 10.4. The van der Waals surface area contributed by atoms with Crippen molar-refractivity contribution in [3.63, 3.8) is 0 Å². The van der Waals surface area contributed by atoms with Crippen molar-refractivity contribution in [3.05, 3.63) is 18.2 Å². The highest BCUT2D eigenvalue weighted by Gasteiger charge is 2.09. The minimum absolute atomic E-state index is 0.431. The fraction of sp³-hybridized carbons (Fsp3) is 0.300. The van der Waals surface area contributed by atoms with Gasteiger partial charge in [-0.1, -0.05) is 6.08 Å². The molecule has 5 heteroatoms. The third-order valence-electron chi connectivity index (χ3n) is 2.33. The van der Waals surface area contributed by atoms with Gasteiger partial charge in [-0.3, -0.25) is 4.57 Å². The van der Waals surface area contributed by atoms with Crippen molar-refractivity contribution in [2.45, 2.75) is 20.8 Å². The first-order valence-corrected chi connectivity index (χ1v) is 4.74. The Hall–Kier alpha value is -1.91. The van der Waals surface area contributed by atoms with Gasteiger partial charge in [0.15, 0.2) is 17.0 Å². The van der Waals surface area contributed by atoms with Crippen LogP contribution in [-0.2, 0) is 0 Å². The summed E-state index contributed by atoms with van der Waals surface area (Å²) < 4.78 is 1.90. The number of nitrogens with two attached hydrogens (primary N) is 1. The Morgan fingerprint density at radius 3 is 2.87 bits per heavy atom. The number of aromatic nitrogens is 4. The molecule has 78 valence electrons. The third kappa shape index (κ3) is 1.45. The standard InChI is InChI=1S/C10H13N5/c1-4-6(2)15-5-12-8-9(11)13-7(3)14-10(8)15/h4-5H,1-3H3,(H2,11,13,14)/b6-4-. The van der Waals surface area contributed by atoms with Gasteiger partial charge in [-0.15, -0.1) is 0 Å². The monoisotopic (exact) mass is 203 g/mol. The van der Waals surface area contributed by atoms with E-state index in [-0.39, 0.29) is 0 Å². The number of rotatable bonds is 1. The van der Waals surface area contributed by atoms with Crippen LogP contribution in [0.15, 0.2) is 12.4 Å². The number of hydrogen-bond acceptors (Lipinski definition) is 4. The molecular weight excluding hydrogens is 190 g/mol. The maximum Gasteiger partial charge on any atom is 0.170 e. The van der Waals surface area contributed by atoms with Crippen LogP contribution in [-0.4, -0.2) is 19.5 Å². The van der Waals surface area contributed by atoms with Gasteiger partial charge in [0.1, 0.15) is 12.2 Å². The number of imidazole rings is 1. The van der Waals surface area contributed by atoms with Gasteiger partial charge in [0.05, 0.1) is 0 Å². The average Bonchev–Trinajstić information content (AvgIpc) is 2.60. The summed E-state index contributed by atoms with van der Waals surface area (Å²) in [4.78, 5) is 12.6. The fourth-order valence-corrected chi connectivity index (χ4v) is 1.43. The molecule has 0 saturated carbocycles. The number of anilines is 1. The molecule has 2 aromatic rings. The Labute approximate surface area is 87.7 Å². The summed E-state index contributed by atoms with van der Waals surface area (Å²) in [6.07, 6.45) is 3.71. The van der Waals surface area contributed by atoms with Crippen LogP contribution < -0.4 is 5.73 Å². The van der Waals surface area contributed by atoms with Crippen LogP contribution in [0.1, 0.15) is 19.7 Å². The van der Waals surface area contributed by atoms with Crippen LogP contribution in [0.3, 0.4) is 0 Å². The smallest absolute Gasteiger partial charge is 0.170 e. The lowest BCUT2D eigenvalue weighted by molar-refractivity contribution is 1.04. The number of fused-ring (bicyclic) bond motifs is 1. The lowest BCUT2D eigenvalue weighted by Gasteiger charge is -2.03. The van der Waals surface area contributed by atoms with Crippen LogP contribution in [0, 0.1) is 6.92 Å². The van der Waals surface area contributed by atoms with Crippen LogP contribution in [0.5, 0.6) is 0 Å². The summed E-state index contributed by atoms with van der Waals surface area (Å²) in [5.41, 5.74) is 8.24. The first-order valence-electron chi connectivity index (χ1n) is 4.74. The van der Waals surface area contributed by atoms with Crippen molar-refractivity contribution in [1.29, 1.82) is 0 Å². The first-order chi connectivity index (χ1) is 7.13. The Balaban J connectivity index is 2.80. The summed E-state index contributed by atoms with van der Waals surface area (Å²) >= 11 is 0. The molecule has 2 N–H and O–H groups in total. The van der Waals surface area contributed by atoms with E-state index in [9.17, 15) is 0 Å². The number of aryl methyl sites for hydroxylation is 1. The number of nitrogens with zero attached hydrogens (tertiary/aromatic N) is 4. The highest BCUT2D eigenvalue weighted by Crippen LogP contribution is 2.18. The van der Waals surface area contributed by atoms with Crippen molar-refractivity contribution < 1.29 is 0 Å². The van der Waals surface area contributed by atoms with Crippen LogP contribution in [0.4, 0.5) is 5.82 Å². The van der Waals surface area contributed by atoms with E-state index in [1.807, 2.05) is 31.4 Å². The second-order valence-corrected chi connectivity index (χ2v) is 3.37. The molecule has 0 unspecified atom stereocenters. The van der Waals surface area contributed by atoms with E-state index in [1.165, 1.54) is 0 Å². The molecule has 0 aliphatic carbocycles. The molecule has 0 aliphatic heterocycles. The SMILES string of the molecule is C/C=C(/C)n1cnc2c(N)nc(C)nc21.